The second kappa shape index (κ2) is 8.97. The lowest BCUT2D eigenvalue weighted by Gasteiger charge is -2.20. The molecule has 23 heavy (non-hydrogen) atoms. The summed E-state index contributed by atoms with van der Waals surface area (Å²) in [6, 6.07) is -1.24. The topological polar surface area (TPSA) is 194 Å². The van der Waals surface area contributed by atoms with Gasteiger partial charge >= 0.3 is 5.97 Å². The lowest BCUT2D eigenvalue weighted by Crippen LogP contribution is -2.50. The van der Waals surface area contributed by atoms with E-state index < -0.39 is 71.6 Å². The first-order chi connectivity index (χ1) is 10.6. The van der Waals surface area contributed by atoms with Crippen LogP contribution in [0.3, 0.4) is 0 Å². The number of hydrogen-bond donors (Lipinski definition) is 4. The van der Waals surface area contributed by atoms with Crippen LogP contribution in [0, 0.1) is 20.2 Å². The highest BCUT2D eigenvalue weighted by atomic mass is 16.6. The number of ether oxygens (including phenoxy) is 1. The number of carbonyl (C=O) groups is 1. The Bertz CT molecular complexity index is 485. The molecule has 0 aromatic heterocycles. The Balaban J connectivity index is 5.10. The Labute approximate surface area is 129 Å². The molecule has 1 atom stereocenters. The normalized spacial score (nSPS) is 13.9. The molecule has 0 aliphatic carbocycles. The number of aliphatic hydroxyl groups excluding tert-OH is 4. The monoisotopic (exact) mass is 338 g/mol. The number of nitro groups is 2. The number of carbonyl (C=O) groups excluding carboxylic acids is 1. The van der Waals surface area contributed by atoms with Crippen LogP contribution in [0.5, 0.6) is 0 Å². The van der Waals surface area contributed by atoms with Gasteiger partial charge in [-0.3, -0.25) is 20.2 Å². The van der Waals surface area contributed by atoms with Crippen molar-refractivity contribution >= 4 is 5.97 Å². The summed E-state index contributed by atoms with van der Waals surface area (Å²) in [5, 5.41) is 57.9. The minimum absolute atomic E-state index is 0.557. The highest BCUT2D eigenvalue weighted by Gasteiger charge is 2.44. The van der Waals surface area contributed by atoms with Gasteiger partial charge in [0.1, 0.15) is 24.5 Å². The van der Waals surface area contributed by atoms with E-state index in [1.165, 1.54) is 0 Å². The van der Waals surface area contributed by atoms with E-state index in [1.54, 1.807) is 0 Å². The molecule has 0 fully saturated rings. The molecule has 0 saturated heterocycles. The lowest BCUT2D eigenvalue weighted by atomic mass is 10.1. The summed E-state index contributed by atoms with van der Waals surface area (Å²) in [6.07, 6.45) is -0.557. The molecule has 0 aromatic rings. The van der Waals surface area contributed by atoms with Crippen LogP contribution in [0.25, 0.3) is 0 Å². The largest absolute Gasteiger partial charge is 0.511 e. The smallest absolute Gasteiger partial charge is 0.340 e. The quantitative estimate of drug-likeness (QED) is 0.118. The zero-order chi connectivity index (χ0) is 18.2. The molecule has 4 N–H and O–H groups in total. The summed E-state index contributed by atoms with van der Waals surface area (Å²) in [7, 11) is 0. The average Bonchev–Trinajstić information content (AvgIpc) is 2.48. The van der Waals surface area contributed by atoms with E-state index in [4.69, 9.17) is 15.3 Å². The first-order valence-corrected chi connectivity index (χ1v) is 6.33. The Morgan fingerprint density at radius 3 is 2.09 bits per heavy atom. The molecule has 132 valence electrons. The molecule has 0 radical (unpaired) electrons. The fourth-order valence-electron chi connectivity index (χ4n) is 1.35. The van der Waals surface area contributed by atoms with Gasteiger partial charge in [-0.25, -0.2) is 4.79 Å². The molecule has 0 aromatic carbocycles. The maximum atomic E-state index is 11.7. The summed E-state index contributed by atoms with van der Waals surface area (Å²) < 4.78 is 4.52. The second-order valence-electron chi connectivity index (χ2n) is 4.80. The zero-order valence-electron chi connectivity index (χ0n) is 12.2. The number of hydrogen-bond acceptors (Lipinski definition) is 10. The highest BCUT2D eigenvalue weighted by Crippen LogP contribution is 2.14. The summed E-state index contributed by atoms with van der Waals surface area (Å²) in [5.74, 6) is -2.14. The minimum Gasteiger partial charge on any atom is -0.511 e. The predicted octanol–water partition coefficient (Wildman–Crippen LogP) is -1.61. The van der Waals surface area contributed by atoms with Gasteiger partial charge in [-0.1, -0.05) is 0 Å². The third kappa shape index (κ3) is 5.43. The van der Waals surface area contributed by atoms with Crippen LogP contribution in [0.2, 0.25) is 0 Å². The van der Waals surface area contributed by atoms with Gasteiger partial charge in [-0.15, -0.1) is 0 Å². The Kier molecular flexibility index (Phi) is 8.07. The predicted molar refractivity (Wildman–Crippen MR) is 72.7 cm³/mol. The molecule has 12 nitrogen and oxygen atoms in total. The minimum atomic E-state index is -2.33. The summed E-state index contributed by atoms with van der Waals surface area (Å²) in [5.41, 5.74) is -3.04. The van der Waals surface area contributed by atoms with Gasteiger partial charge in [0.2, 0.25) is 6.04 Å². The molecule has 0 bridgehead atoms. The van der Waals surface area contributed by atoms with Crippen molar-refractivity contribution in [2.75, 3.05) is 26.4 Å². The van der Waals surface area contributed by atoms with E-state index >= 15 is 0 Å². The van der Waals surface area contributed by atoms with Gasteiger partial charge < -0.3 is 25.2 Å². The van der Waals surface area contributed by atoms with Crippen molar-refractivity contribution in [1.29, 1.82) is 0 Å². The Hall–Kier alpha value is -2.31. The molecular weight excluding hydrogens is 320 g/mol. The first kappa shape index (κ1) is 20.7. The molecule has 0 saturated carbocycles. The van der Waals surface area contributed by atoms with E-state index in [0.29, 0.717) is 0 Å². The maximum absolute atomic E-state index is 11.7. The zero-order valence-corrected chi connectivity index (χ0v) is 12.2. The molecule has 0 spiro atoms. The number of aliphatic hydroxyl groups is 4. The molecule has 0 amide bonds. The number of nitrogens with zero attached hydrogens (tertiary/aromatic N) is 2. The third-order valence-corrected chi connectivity index (χ3v) is 3.05. The first-order valence-electron chi connectivity index (χ1n) is 6.33. The van der Waals surface area contributed by atoms with Gasteiger partial charge in [0.25, 0.3) is 5.54 Å². The molecule has 0 aliphatic rings. The van der Waals surface area contributed by atoms with E-state index in [0.717, 1.165) is 6.92 Å². The fourth-order valence-corrected chi connectivity index (χ4v) is 1.35. The molecule has 1 unspecified atom stereocenters. The number of esters is 1. The Morgan fingerprint density at radius 1 is 1.22 bits per heavy atom. The molecule has 0 heterocycles. The molecule has 0 aliphatic heterocycles. The Morgan fingerprint density at radius 2 is 1.74 bits per heavy atom. The van der Waals surface area contributed by atoms with Crippen LogP contribution in [-0.2, 0) is 9.53 Å². The second-order valence-corrected chi connectivity index (χ2v) is 4.80. The van der Waals surface area contributed by atoms with Gasteiger partial charge in [0.15, 0.2) is 6.61 Å². The average molecular weight is 338 g/mol. The SMILES string of the molecule is CC(CC(O)=C(CO)C(=O)OCC(CO)(CO)[N+](=O)[O-])[N+](=O)[O-]. The number of rotatable bonds is 10. The molecule has 0 rings (SSSR count). The van der Waals surface area contributed by atoms with E-state index in [2.05, 4.69) is 4.74 Å². The van der Waals surface area contributed by atoms with Crippen molar-refractivity contribution in [1.82, 2.24) is 0 Å². The molecule has 12 heteroatoms. The van der Waals surface area contributed by atoms with Crippen LogP contribution in [0.1, 0.15) is 13.3 Å². The van der Waals surface area contributed by atoms with Crippen molar-refractivity contribution in [2.24, 2.45) is 0 Å². The van der Waals surface area contributed by atoms with Crippen molar-refractivity contribution < 1.29 is 39.8 Å². The molecular formula is C11H18N2O10. The van der Waals surface area contributed by atoms with Crippen LogP contribution in [0.15, 0.2) is 11.3 Å². The van der Waals surface area contributed by atoms with Crippen LogP contribution in [-0.4, -0.2) is 74.3 Å². The van der Waals surface area contributed by atoms with Gasteiger partial charge in [0.05, 0.1) is 13.0 Å². The van der Waals surface area contributed by atoms with Crippen molar-refractivity contribution in [3.05, 3.63) is 31.6 Å². The van der Waals surface area contributed by atoms with Crippen LogP contribution >= 0.6 is 0 Å². The lowest BCUT2D eigenvalue weighted by molar-refractivity contribution is -0.580. The van der Waals surface area contributed by atoms with E-state index in [9.17, 15) is 30.1 Å². The summed E-state index contributed by atoms with van der Waals surface area (Å²) in [4.78, 5) is 31.3. The van der Waals surface area contributed by atoms with Crippen molar-refractivity contribution in [3.63, 3.8) is 0 Å². The van der Waals surface area contributed by atoms with E-state index in [1.807, 2.05) is 0 Å². The van der Waals surface area contributed by atoms with Gasteiger partial charge in [0, 0.05) is 16.8 Å². The maximum Gasteiger partial charge on any atom is 0.340 e. The third-order valence-electron chi connectivity index (χ3n) is 3.05. The van der Waals surface area contributed by atoms with Crippen LogP contribution < -0.4 is 0 Å². The summed E-state index contributed by atoms with van der Waals surface area (Å²) in [6.45, 7) is -3.11. The highest BCUT2D eigenvalue weighted by molar-refractivity contribution is 5.89. The van der Waals surface area contributed by atoms with Gasteiger partial charge in [-0.2, -0.15) is 0 Å². The van der Waals surface area contributed by atoms with Crippen LogP contribution in [0.4, 0.5) is 0 Å². The van der Waals surface area contributed by atoms with Crippen molar-refractivity contribution in [2.45, 2.75) is 24.9 Å². The van der Waals surface area contributed by atoms with Crippen molar-refractivity contribution in [3.8, 4) is 0 Å². The summed E-state index contributed by atoms with van der Waals surface area (Å²) >= 11 is 0. The van der Waals surface area contributed by atoms with Gasteiger partial charge in [-0.05, 0) is 0 Å². The fraction of sp³-hybridized carbons (Fsp3) is 0.727. The van der Waals surface area contributed by atoms with E-state index in [-0.39, 0.29) is 0 Å². The standard InChI is InChI=1S/C11H18N2O10/c1-7(12(19)20)2-9(17)8(3-14)10(18)23-6-11(4-15,5-16)13(21)22/h7,14-17H,2-6H2,1H3.